The molecule has 1 aromatic carbocycles. The van der Waals surface area contributed by atoms with E-state index >= 15 is 0 Å². The van der Waals surface area contributed by atoms with Crippen LogP contribution in [0.3, 0.4) is 0 Å². The SMILES string of the molecule is Cc1cc2c(OCCO)ccc(N)c2cn1. The molecule has 0 saturated heterocycles. The molecule has 2 aromatic rings. The maximum atomic E-state index is 8.75. The summed E-state index contributed by atoms with van der Waals surface area (Å²) in [6.45, 7) is 2.19. The molecular weight excluding hydrogens is 204 g/mol. The Morgan fingerprint density at radius 1 is 1.38 bits per heavy atom. The molecule has 16 heavy (non-hydrogen) atoms. The van der Waals surface area contributed by atoms with Crippen LogP contribution in [0.15, 0.2) is 24.4 Å². The Kier molecular flexibility index (Phi) is 2.92. The molecule has 0 aliphatic carbocycles. The third-order valence-corrected chi connectivity index (χ3v) is 2.38. The molecule has 0 aliphatic rings. The monoisotopic (exact) mass is 218 g/mol. The quantitative estimate of drug-likeness (QED) is 0.766. The number of nitrogen functional groups attached to an aromatic ring is 1. The van der Waals surface area contributed by atoms with Gasteiger partial charge in [-0.3, -0.25) is 4.98 Å². The Morgan fingerprint density at radius 3 is 2.94 bits per heavy atom. The van der Waals surface area contributed by atoms with Crippen molar-refractivity contribution in [2.24, 2.45) is 0 Å². The van der Waals surface area contributed by atoms with Crippen LogP contribution in [0.2, 0.25) is 0 Å². The van der Waals surface area contributed by atoms with Crippen LogP contribution in [-0.2, 0) is 0 Å². The molecule has 0 unspecified atom stereocenters. The standard InChI is InChI=1S/C12H14N2O2/c1-8-6-9-10(7-14-8)11(13)2-3-12(9)16-5-4-15/h2-3,6-7,15H,4-5,13H2,1H3. The molecule has 1 aromatic heterocycles. The third-order valence-electron chi connectivity index (χ3n) is 2.38. The number of ether oxygens (including phenoxy) is 1. The lowest BCUT2D eigenvalue weighted by atomic mass is 10.1. The number of nitrogens with two attached hydrogens (primary N) is 1. The minimum Gasteiger partial charge on any atom is -0.491 e. The van der Waals surface area contributed by atoms with Gasteiger partial charge in [0.25, 0.3) is 0 Å². The first-order chi connectivity index (χ1) is 7.72. The Morgan fingerprint density at radius 2 is 2.19 bits per heavy atom. The molecule has 0 amide bonds. The number of anilines is 1. The van der Waals surface area contributed by atoms with Crippen LogP contribution in [0.25, 0.3) is 10.8 Å². The molecule has 0 spiro atoms. The van der Waals surface area contributed by atoms with Crippen LogP contribution in [0.5, 0.6) is 5.75 Å². The molecule has 1 heterocycles. The van der Waals surface area contributed by atoms with Gasteiger partial charge in [0.05, 0.1) is 6.61 Å². The van der Waals surface area contributed by atoms with E-state index in [-0.39, 0.29) is 13.2 Å². The highest BCUT2D eigenvalue weighted by molar-refractivity contribution is 5.96. The second-order valence-electron chi connectivity index (χ2n) is 3.60. The zero-order valence-electron chi connectivity index (χ0n) is 9.10. The van der Waals surface area contributed by atoms with Crippen molar-refractivity contribution in [3.63, 3.8) is 0 Å². The van der Waals surface area contributed by atoms with Gasteiger partial charge in [0, 0.05) is 28.4 Å². The predicted octanol–water partition coefficient (Wildman–Crippen LogP) is 1.50. The summed E-state index contributed by atoms with van der Waals surface area (Å²) in [4.78, 5) is 4.20. The van der Waals surface area contributed by atoms with Gasteiger partial charge >= 0.3 is 0 Å². The van der Waals surface area contributed by atoms with Gasteiger partial charge < -0.3 is 15.6 Å². The fourth-order valence-electron chi connectivity index (χ4n) is 1.62. The number of aromatic nitrogens is 1. The topological polar surface area (TPSA) is 68.4 Å². The highest BCUT2D eigenvalue weighted by atomic mass is 16.5. The molecule has 0 fully saturated rings. The Balaban J connectivity index is 2.56. The number of aryl methyl sites for hydroxylation is 1. The number of hydrogen-bond acceptors (Lipinski definition) is 4. The van der Waals surface area contributed by atoms with Gasteiger partial charge in [0.1, 0.15) is 12.4 Å². The number of fused-ring (bicyclic) bond motifs is 1. The third kappa shape index (κ3) is 1.92. The summed E-state index contributed by atoms with van der Waals surface area (Å²) in [5.41, 5.74) is 7.45. The Hall–Kier alpha value is -1.81. The molecule has 4 nitrogen and oxygen atoms in total. The molecule has 0 bridgehead atoms. The summed E-state index contributed by atoms with van der Waals surface area (Å²) in [6, 6.07) is 5.53. The van der Waals surface area contributed by atoms with Crippen molar-refractivity contribution >= 4 is 16.5 Å². The lowest BCUT2D eigenvalue weighted by Crippen LogP contribution is -2.02. The van der Waals surface area contributed by atoms with E-state index in [1.807, 2.05) is 19.1 Å². The Bertz CT molecular complexity index is 512. The predicted molar refractivity (Wildman–Crippen MR) is 63.5 cm³/mol. The van der Waals surface area contributed by atoms with E-state index in [1.54, 1.807) is 12.3 Å². The van der Waals surface area contributed by atoms with Crippen LogP contribution in [0.1, 0.15) is 5.69 Å². The Labute approximate surface area is 93.7 Å². The molecule has 0 saturated carbocycles. The number of nitrogens with zero attached hydrogens (tertiary/aromatic N) is 1. The highest BCUT2D eigenvalue weighted by Gasteiger charge is 2.05. The van der Waals surface area contributed by atoms with Gasteiger partial charge in [0.15, 0.2) is 0 Å². The van der Waals surface area contributed by atoms with Crippen molar-refractivity contribution in [3.8, 4) is 5.75 Å². The van der Waals surface area contributed by atoms with E-state index in [2.05, 4.69) is 4.98 Å². The summed E-state index contributed by atoms with van der Waals surface area (Å²) in [5, 5.41) is 10.6. The van der Waals surface area contributed by atoms with Gasteiger partial charge in [-0.2, -0.15) is 0 Å². The van der Waals surface area contributed by atoms with Crippen molar-refractivity contribution in [3.05, 3.63) is 30.1 Å². The molecule has 0 atom stereocenters. The normalized spacial score (nSPS) is 10.6. The summed E-state index contributed by atoms with van der Waals surface area (Å²) in [6.07, 6.45) is 1.74. The van der Waals surface area contributed by atoms with Crippen LogP contribution < -0.4 is 10.5 Å². The van der Waals surface area contributed by atoms with Gasteiger partial charge in [0.2, 0.25) is 0 Å². The van der Waals surface area contributed by atoms with Gasteiger partial charge in [-0.15, -0.1) is 0 Å². The summed E-state index contributed by atoms with van der Waals surface area (Å²) < 4.78 is 5.45. The number of rotatable bonds is 3. The highest BCUT2D eigenvalue weighted by Crippen LogP contribution is 2.29. The molecule has 0 radical (unpaired) electrons. The fourth-order valence-corrected chi connectivity index (χ4v) is 1.62. The lowest BCUT2D eigenvalue weighted by molar-refractivity contribution is 0.203. The van der Waals surface area contributed by atoms with Crippen molar-refractivity contribution in [1.29, 1.82) is 0 Å². The van der Waals surface area contributed by atoms with Crippen LogP contribution in [0.4, 0.5) is 5.69 Å². The van der Waals surface area contributed by atoms with E-state index in [9.17, 15) is 0 Å². The molecule has 0 aliphatic heterocycles. The number of hydrogen-bond donors (Lipinski definition) is 2. The number of aliphatic hydroxyl groups excluding tert-OH is 1. The zero-order chi connectivity index (χ0) is 11.5. The van der Waals surface area contributed by atoms with Crippen molar-refractivity contribution in [2.45, 2.75) is 6.92 Å². The van der Waals surface area contributed by atoms with Crippen molar-refractivity contribution in [1.82, 2.24) is 4.98 Å². The van der Waals surface area contributed by atoms with Gasteiger partial charge in [-0.1, -0.05) is 0 Å². The summed E-state index contributed by atoms with van der Waals surface area (Å²) >= 11 is 0. The minimum absolute atomic E-state index is 0.00403. The van der Waals surface area contributed by atoms with Crippen LogP contribution >= 0.6 is 0 Å². The van der Waals surface area contributed by atoms with Crippen molar-refractivity contribution in [2.75, 3.05) is 18.9 Å². The fraction of sp³-hybridized carbons (Fsp3) is 0.250. The number of benzene rings is 1. The van der Waals surface area contributed by atoms with E-state index in [0.29, 0.717) is 5.69 Å². The van der Waals surface area contributed by atoms with E-state index in [1.165, 1.54) is 0 Å². The minimum atomic E-state index is -0.00403. The second kappa shape index (κ2) is 4.37. The molecule has 84 valence electrons. The van der Waals surface area contributed by atoms with Crippen molar-refractivity contribution < 1.29 is 9.84 Å². The van der Waals surface area contributed by atoms with Crippen LogP contribution in [0, 0.1) is 6.92 Å². The first-order valence-electron chi connectivity index (χ1n) is 5.11. The van der Waals surface area contributed by atoms with E-state index in [0.717, 1.165) is 22.2 Å². The van der Waals surface area contributed by atoms with E-state index < -0.39 is 0 Å². The number of aliphatic hydroxyl groups is 1. The average Bonchev–Trinajstić information content (AvgIpc) is 2.28. The molecule has 3 N–H and O–H groups in total. The zero-order valence-corrected chi connectivity index (χ0v) is 9.10. The first-order valence-corrected chi connectivity index (χ1v) is 5.11. The smallest absolute Gasteiger partial charge is 0.127 e. The molecule has 2 rings (SSSR count). The lowest BCUT2D eigenvalue weighted by Gasteiger charge is -2.10. The van der Waals surface area contributed by atoms with Gasteiger partial charge in [-0.05, 0) is 25.1 Å². The van der Waals surface area contributed by atoms with Crippen LogP contribution in [-0.4, -0.2) is 23.3 Å². The van der Waals surface area contributed by atoms with E-state index in [4.69, 9.17) is 15.6 Å². The summed E-state index contributed by atoms with van der Waals surface area (Å²) in [5.74, 6) is 0.726. The molecule has 4 heteroatoms. The average molecular weight is 218 g/mol. The van der Waals surface area contributed by atoms with Gasteiger partial charge in [-0.25, -0.2) is 0 Å². The summed E-state index contributed by atoms with van der Waals surface area (Å²) in [7, 11) is 0. The first kappa shape index (κ1) is 10.7. The maximum absolute atomic E-state index is 8.75. The maximum Gasteiger partial charge on any atom is 0.127 e. The second-order valence-corrected chi connectivity index (χ2v) is 3.60. The largest absolute Gasteiger partial charge is 0.491 e. The molecular formula is C12H14N2O2. The number of pyridine rings is 1.